The van der Waals surface area contributed by atoms with Crippen LogP contribution in [0.25, 0.3) is 0 Å². The molecule has 0 heterocycles. The number of ether oxygens (including phenoxy) is 1. The molecule has 4 aliphatic rings. The fourth-order valence-electron chi connectivity index (χ4n) is 12.1. The summed E-state index contributed by atoms with van der Waals surface area (Å²) >= 11 is 0. The summed E-state index contributed by atoms with van der Waals surface area (Å²) in [6, 6.07) is 0. The van der Waals surface area contributed by atoms with Crippen molar-refractivity contribution in [1.29, 1.82) is 0 Å². The minimum atomic E-state index is -0.387. The molecule has 0 radical (unpaired) electrons. The fraction of sp³-hybridized carbons (Fsp3) is 0.898. The first-order valence-corrected chi connectivity index (χ1v) is 24.3. The van der Waals surface area contributed by atoms with Crippen LogP contribution in [0.15, 0.2) is 11.6 Å². The van der Waals surface area contributed by atoms with Crippen molar-refractivity contribution in [3.63, 3.8) is 0 Å². The summed E-state index contributed by atoms with van der Waals surface area (Å²) in [4.78, 5) is 40.7. The highest BCUT2D eigenvalue weighted by atomic mass is 16.6. The molecule has 0 unspecified atom stereocenters. The van der Waals surface area contributed by atoms with E-state index < -0.39 is 0 Å². The van der Waals surface area contributed by atoms with Crippen LogP contribution in [0.1, 0.15) is 196 Å². The van der Waals surface area contributed by atoms with E-state index in [-0.39, 0.29) is 36.0 Å². The van der Waals surface area contributed by atoms with Crippen molar-refractivity contribution in [2.45, 2.75) is 202 Å². The van der Waals surface area contributed by atoms with Gasteiger partial charge in [0, 0.05) is 32.5 Å². The first-order chi connectivity index (χ1) is 27.4. The van der Waals surface area contributed by atoms with E-state index in [1.54, 1.807) is 4.90 Å². The van der Waals surface area contributed by atoms with Gasteiger partial charge in [0.2, 0.25) is 11.8 Å². The van der Waals surface area contributed by atoms with Crippen LogP contribution in [0, 0.1) is 46.3 Å². The third kappa shape index (κ3) is 14.0. The van der Waals surface area contributed by atoms with Crippen molar-refractivity contribution in [2.24, 2.45) is 52.1 Å². The van der Waals surface area contributed by atoms with E-state index in [2.05, 4.69) is 58.3 Å². The molecule has 0 aromatic carbocycles. The lowest BCUT2D eigenvalue weighted by Gasteiger charge is -2.58. The first-order valence-electron chi connectivity index (χ1n) is 24.3. The zero-order chi connectivity index (χ0) is 41.3. The standard InChI is InChI=1S/C49H88N4O4/c1-7-8-9-10-11-12-13-14-22-45(54)51-33-17-18-34-53(36-46(55)52-32-16-15-31-50)47(56)57-40-27-29-48(5)39(35-40)23-24-41-43-26-25-42(38(4)21-19-20-37(2)3)49(43,6)30-28-44(41)48/h23,37-38,40-44H,7-22,24-36,50H2,1-6H3,(H,51,54)(H,52,55)/t38-,40+,41+,42-,43+,44+,48+,49-/m1/s1. The van der Waals surface area contributed by atoms with Crippen LogP contribution in [-0.2, 0) is 14.3 Å². The number of unbranched alkanes of at least 4 members (excludes halogenated alkanes) is 9. The Bertz CT molecular complexity index is 1250. The maximum Gasteiger partial charge on any atom is 0.410 e. The average Bonchev–Trinajstić information content (AvgIpc) is 3.54. The van der Waals surface area contributed by atoms with Gasteiger partial charge >= 0.3 is 6.09 Å². The molecule has 8 heteroatoms. The van der Waals surface area contributed by atoms with Crippen molar-refractivity contribution in [2.75, 3.05) is 32.7 Å². The molecular weight excluding hydrogens is 709 g/mol. The number of fused-ring (bicyclic) bond motifs is 5. The van der Waals surface area contributed by atoms with Crippen LogP contribution >= 0.6 is 0 Å². The lowest BCUT2D eigenvalue weighted by atomic mass is 9.47. The molecule has 8 nitrogen and oxygen atoms in total. The van der Waals surface area contributed by atoms with Crippen molar-refractivity contribution < 1.29 is 19.1 Å². The van der Waals surface area contributed by atoms with Gasteiger partial charge in [0.25, 0.3) is 0 Å². The van der Waals surface area contributed by atoms with Crippen LogP contribution in [0.2, 0.25) is 0 Å². The highest BCUT2D eigenvalue weighted by Gasteiger charge is 2.59. The Hall–Kier alpha value is -2.09. The van der Waals surface area contributed by atoms with Gasteiger partial charge in [0.15, 0.2) is 0 Å². The number of carbonyl (C=O) groups excluding carboxylic acids is 3. The molecule has 3 saturated carbocycles. The summed E-state index contributed by atoms with van der Waals surface area (Å²) in [5.41, 5.74) is 7.82. The second-order valence-corrected chi connectivity index (χ2v) is 20.1. The Morgan fingerprint density at radius 1 is 0.807 bits per heavy atom. The molecule has 4 aliphatic carbocycles. The Balaban J connectivity index is 1.26. The lowest BCUT2D eigenvalue weighted by molar-refractivity contribution is -0.122. The van der Waals surface area contributed by atoms with Gasteiger partial charge in [0.05, 0.1) is 0 Å². The van der Waals surface area contributed by atoms with Crippen molar-refractivity contribution in [3.05, 3.63) is 11.6 Å². The van der Waals surface area contributed by atoms with Crippen LogP contribution in [0.5, 0.6) is 0 Å². The van der Waals surface area contributed by atoms with Crippen molar-refractivity contribution >= 4 is 17.9 Å². The highest BCUT2D eigenvalue weighted by Crippen LogP contribution is 2.67. The number of rotatable bonds is 26. The molecule has 0 bridgehead atoms. The van der Waals surface area contributed by atoms with Crippen molar-refractivity contribution in [3.8, 4) is 0 Å². The molecule has 3 fully saturated rings. The number of allylic oxidation sites excluding steroid dienone is 1. The number of amides is 3. The van der Waals surface area contributed by atoms with Gasteiger partial charge in [-0.1, -0.05) is 117 Å². The van der Waals surface area contributed by atoms with Gasteiger partial charge in [-0.2, -0.15) is 0 Å². The molecule has 0 aromatic rings. The SMILES string of the molecule is CCCCCCCCCCC(=O)NCCCCN(CC(=O)NCCCCN)C(=O)O[C@H]1CC[C@@]2(C)C(=CC[C@H]3[C@@H]4CC[C@H]([C@H](C)CCCC(C)C)[C@@]4(C)CC[C@@H]32)C1. The third-order valence-electron chi connectivity index (χ3n) is 15.5. The van der Waals surface area contributed by atoms with Gasteiger partial charge in [-0.05, 0) is 130 Å². The van der Waals surface area contributed by atoms with Gasteiger partial charge in [-0.25, -0.2) is 4.79 Å². The minimum absolute atomic E-state index is 0.0133. The van der Waals surface area contributed by atoms with Gasteiger partial charge < -0.3 is 21.1 Å². The largest absolute Gasteiger partial charge is 0.446 e. The molecule has 3 amide bonds. The van der Waals surface area contributed by atoms with Crippen LogP contribution in [-0.4, -0.2) is 61.6 Å². The average molecular weight is 797 g/mol. The topological polar surface area (TPSA) is 114 Å². The van der Waals surface area contributed by atoms with E-state index in [0.29, 0.717) is 44.4 Å². The monoisotopic (exact) mass is 797 g/mol. The summed E-state index contributed by atoms with van der Waals surface area (Å²) in [6.07, 6.45) is 29.0. The maximum absolute atomic E-state index is 13.8. The molecular formula is C49H88N4O4. The third-order valence-corrected chi connectivity index (χ3v) is 15.5. The molecule has 0 aliphatic heterocycles. The number of nitrogens with one attached hydrogen (secondary N) is 2. The van der Waals surface area contributed by atoms with Crippen LogP contribution < -0.4 is 16.4 Å². The van der Waals surface area contributed by atoms with Gasteiger partial charge in [0.1, 0.15) is 12.6 Å². The second kappa shape index (κ2) is 24.2. The summed E-state index contributed by atoms with van der Waals surface area (Å²) < 4.78 is 6.27. The number of hydrogen-bond acceptors (Lipinski definition) is 5. The Morgan fingerprint density at radius 2 is 1.51 bits per heavy atom. The lowest BCUT2D eigenvalue weighted by Crippen LogP contribution is -2.51. The zero-order valence-corrected chi connectivity index (χ0v) is 37.8. The molecule has 0 aromatic heterocycles. The predicted octanol–water partition coefficient (Wildman–Crippen LogP) is 11.1. The van der Waals surface area contributed by atoms with Crippen LogP contribution in [0.3, 0.4) is 0 Å². The Morgan fingerprint density at radius 3 is 2.23 bits per heavy atom. The smallest absolute Gasteiger partial charge is 0.410 e. The normalized spacial score (nSPS) is 28.5. The first kappa shape index (κ1) is 47.6. The molecule has 0 spiro atoms. The number of hydrogen-bond donors (Lipinski definition) is 3. The summed E-state index contributed by atoms with van der Waals surface area (Å²) in [6.45, 7) is 16.9. The predicted molar refractivity (Wildman–Crippen MR) is 236 cm³/mol. The van der Waals surface area contributed by atoms with Gasteiger partial charge in [-0.3, -0.25) is 14.5 Å². The van der Waals surface area contributed by atoms with Gasteiger partial charge in [-0.15, -0.1) is 0 Å². The summed E-state index contributed by atoms with van der Waals surface area (Å²) in [5, 5.41) is 6.03. The van der Waals surface area contributed by atoms with Crippen LogP contribution in [0.4, 0.5) is 4.79 Å². The van der Waals surface area contributed by atoms with E-state index in [0.717, 1.165) is 86.9 Å². The van der Waals surface area contributed by atoms with E-state index in [1.165, 1.54) is 95.5 Å². The fourth-order valence-corrected chi connectivity index (χ4v) is 12.1. The van der Waals surface area contributed by atoms with Crippen molar-refractivity contribution in [1.82, 2.24) is 15.5 Å². The minimum Gasteiger partial charge on any atom is -0.446 e. The quantitative estimate of drug-likeness (QED) is 0.0596. The molecule has 0 saturated heterocycles. The number of carbonyl (C=O) groups is 3. The highest BCUT2D eigenvalue weighted by molar-refractivity contribution is 5.82. The summed E-state index contributed by atoms with van der Waals surface area (Å²) in [7, 11) is 0. The molecule has 4 rings (SSSR count). The van der Waals surface area contributed by atoms with E-state index in [4.69, 9.17) is 10.5 Å². The Kier molecular flexibility index (Phi) is 20.2. The number of nitrogens with two attached hydrogens (primary N) is 1. The molecule has 8 atom stereocenters. The summed E-state index contributed by atoms with van der Waals surface area (Å²) in [5.74, 6) is 4.76. The Labute approximate surface area is 349 Å². The maximum atomic E-state index is 13.8. The second-order valence-electron chi connectivity index (χ2n) is 20.1. The molecule has 328 valence electrons. The molecule has 4 N–H and O–H groups in total. The molecule has 57 heavy (non-hydrogen) atoms. The number of nitrogens with zero attached hydrogens (tertiary/aromatic N) is 1. The van der Waals surface area contributed by atoms with E-state index in [1.807, 2.05) is 0 Å². The van der Waals surface area contributed by atoms with E-state index in [9.17, 15) is 14.4 Å². The zero-order valence-electron chi connectivity index (χ0n) is 37.8. The van der Waals surface area contributed by atoms with E-state index >= 15 is 0 Å².